The van der Waals surface area contributed by atoms with Crippen LogP contribution in [0.15, 0.2) is 36.4 Å². The number of carbonyl (C=O) groups excluding carboxylic acids is 1. The summed E-state index contributed by atoms with van der Waals surface area (Å²) < 4.78 is 38.5. The molecule has 1 aromatic heterocycles. The molecule has 0 unspecified atom stereocenters. The molecule has 1 aromatic carbocycles. The Balaban J connectivity index is 2.21. The molecule has 0 radical (unpaired) electrons. The minimum absolute atomic E-state index is 0.0661. The van der Waals surface area contributed by atoms with E-state index >= 15 is 0 Å². The quantitative estimate of drug-likeness (QED) is 0.835. The van der Waals surface area contributed by atoms with E-state index in [1.807, 2.05) is 0 Å². The molecule has 6 heteroatoms. The van der Waals surface area contributed by atoms with Crippen LogP contribution in [-0.2, 0) is 0 Å². The maximum absolute atomic E-state index is 12.9. The zero-order valence-electron chi connectivity index (χ0n) is 8.95. The first kappa shape index (κ1) is 12.1. The van der Waals surface area contributed by atoms with E-state index in [2.05, 4.69) is 10.3 Å². The van der Waals surface area contributed by atoms with Gasteiger partial charge >= 0.3 is 0 Å². The summed E-state index contributed by atoms with van der Waals surface area (Å²) >= 11 is 0. The van der Waals surface area contributed by atoms with E-state index in [0.29, 0.717) is 6.07 Å². The largest absolute Gasteiger partial charge is 0.320 e. The molecule has 0 bridgehead atoms. The van der Waals surface area contributed by atoms with Gasteiger partial charge in [0.15, 0.2) is 0 Å². The Labute approximate surface area is 100 Å². The Hall–Kier alpha value is -2.37. The summed E-state index contributed by atoms with van der Waals surface area (Å²) in [7, 11) is 0. The molecule has 3 nitrogen and oxygen atoms in total. The van der Waals surface area contributed by atoms with Crippen LogP contribution in [0.5, 0.6) is 0 Å². The Morgan fingerprint density at radius 2 is 1.72 bits per heavy atom. The lowest BCUT2D eigenvalue weighted by atomic mass is 10.2. The molecule has 2 aromatic rings. The molecule has 1 amide bonds. The van der Waals surface area contributed by atoms with E-state index in [-0.39, 0.29) is 11.4 Å². The van der Waals surface area contributed by atoms with Gasteiger partial charge in [-0.1, -0.05) is 6.07 Å². The average molecular weight is 252 g/mol. The first-order valence-electron chi connectivity index (χ1n) is 4.94. The number of aromatic nitrogens is 1. The highest BCUT2D eigenvalue weighted by Crippen LogP contribution is 2.13. The van der Waals surface area contributed by atoms with Gasteiger partial charge in [-0.2, -0.15) is 4.39 Å². The Morgan fingerprint density at radius 1 is 1.06 bits per heavy atom. The van der Waals surface area contributed by atoms with Gasteiger partial charge in [-0.25, -0.2) is 13.8 Å². The molecule has 0 fully saturated rings. The van der Waals surface area contributed by atoms with Gasteiger partial charge in [-0.05, 0) is 24.3 Å². The summed E-state index contributed by atoms with van der Waals surface area (Å²) in [5, 5.41) is 2.22. The fourth-order valence-electron chi connectivity index (χ4n) is 1.36. The van der Waals surface area contributed by atoms with E-state index < -0.39 is 23.5 Å². The van der Waals surface area contributed by atoms with Gasteiger partial charge in [0.25, 0.3) is 5.91 Å². The molecule has 18 heavy (non-hydrogen) atoms. The smallest absolute Gasteiger partial charge is 0.274 e. The van der Waals surface area contributed by atoms with Crippen LogP contribution in [-0.4, -0.2) is 10.9 Å². The van der Waals surface area contributed by atoms with Crippen LogP contribution in [0.1, 0.15) is 10.5 Å². The van der Waals surface area contributed by atoms with Crippen molar-refractivity contribution in [2.75, 3.05) is 5.32 Å². The summed E-state index contributed by atoms with van der Waals surface area (Å²) in [5.74, 6) is -3.21. The Kier molecular flexibility index (Phi) is 3.27. The average Bonchev–Trinajstić information content (AvgIpc) is 2.27. The molecule has 1 heterocycles. The molecular weight excluding hydrogens is 245 g/mol. The highest BCUT2D eigenvalue weighted by molar-refractivity contribution is 6.02. The van der Waals surface area contributed by atoms with E-state index in [9.17, 15) is 18.0 Å². The summed E-state index contributed by atoms with van der Waals surface area (Å²) in [4.78, 5) is 15.0. The molecule has 0 spiro atoms. The van der Waals surface area contributed by atoms with Crippen LogP contribution in [0.25, 0.3) is 0 Å². The van der Waals surface area contributed by atoms with Crippen molar-refractivity contribution in [3.63, 3.8) is 0 Å². The molecule has 0 aliphatic carbocycles. The highest BCUT2D eigenvalue weighted by Gasteiger charge is 2.09. The van der Waals surface area contributed by atoms with Gasteiger partial charge in [0.2, 0.25) is 5.95 Å². The molecule has 0 saturated heterocycles. The number of pyridine rings is 1. The van der Waals surface area contributed by atoms with E-state index in [4.69, 9.17) is 0 Å². The number of halogens is 3. The van der Waals surface area contributed by atoms with Gasteiger partial charge in [0.1, 0.15) is 17.3 Å². The van der Waals surface area contributed by atoms with Gasteiger partial charge in [-0.15, -0.1) is 0 Å². The fraction of sp³-hybridized carbons (Fsp3) is 0. The van der Waals surface area contributed by atoms with Crippen molar-refractivity contribution in [1.82, 2.24) is 4.98 Å². The number of amides is 1. The lowest BCUT2D eigenvalue weighted by molar-refractivity contribution is 0.102. The zero-order valence-corrected chi connectivity index (χ0v) is 8.95. The predicted molar refractivity (Wildman–Crippen MR) is 58.5 cm³/mol. The number of hydrogen-bond acceptors (Lipinski definition) is 2. The normalized spacial score (nSPS) is 10.2. The van der Waals surface area contributed by atoms with Crippen molar-refractivity contribution in [2.45, 2.75) is 0 Å². The number of rotatable bonds is 2. The van der Waals surface area contributed by atoms with Crippen LogP contribution in [0.2, 0.25) is 0 Å². The molecule has 2 rings (SSSR count). The van der Waals surface area contributed by atoms with Crippen LogP contribution < -0.4 is 5.32 Å². The molecule has 1 N–H and O–H groups in total. The van der Waals surface area contributed by atoms with Gasteiger partial charge in [0, 0.05) is 11.8 Å². The van der Waals surface area contributed by atoms with E-state index in [1.54, 1.807) is 0 Å². The minimum atomic E-state index is -0.822. The minimum Gasteiger partial charge on any atom is -0.320 e. The van der Waals surface area contributed by atoms with Crippen molar-refractivity contribution in [3.05, 3.63) is 59.7 Å². The summed E-state index contributed by atoms with van der Waals surface area (Å²) in [6.45, 7) is 0. The van der Waals surface area contributed by atoms with Crippen molar-refractivity contribution < 1.29 is 18.0 Å². The first-order chi connectivity index (χ1) is 8.54. The third-order valence-electron chi connectivity index (χ3n) is 2.07. The molecule has 0 aliphatic rings. The molecule has 0 saturated carbocycles. The van der Waals surface area contributed by atoms with Gasteiger partial charge < -0.3 is 5.32 Å². The number of nitrogens with one attached hydrogen (secondary N) is 1. The Bertz CT molecular complexity index is 581. The van der Waals surface area contributed by atoms with Crippen LogP contribution in [0.3, 0.4) is 0 Å². The van der Waals surface area contributed by atoms with Crippen LogP contribution in [0, 0.1) is 17.6 Å². The van der Waals surface area contributed by atoms with E-state index in [1.165, 1.54) is 12.1 Å². The monoisotopic (exact) mass is 252 g/mol. The first-order valence-corrected chi connectivity index (χ1v) is 4.94. The third-order valence-corrected chi connectivity index (χ3v) is 2.07. The van der Waals surface area contributed by atoms with Crippen LogP contribution >= 0.6 is 0 Å². The molecule has 0 atom stereocenters. The van der Waals surface area contributed by atoms with Gasteiger partial charge in [-0.3, -0.25) is 4.79 Å². The molecular formula is C12H7F3N2O. The number of carbonyl (C=O) groups is 1. The summed E-state index contributed by atoms with van der Waals surface area (Å²) in [5.41, 5.74) is -0.247. The Morgan fingerprint density at radius 3 is 2.33 bits per heavy atom. The van der Waals surface area contributed by atoms with Gasteiger partial charge in [0.05, 0.1) is 0 Å². The number of nitrogens with zero attached hydrogens (tertiary/aromatic N) is 1. The van der Waals surface area contributed by atoms with Crippen LogP contribution in [0.4, 0.5) is 18.9 Å². The zero-order chi connectivity index (χ0) is 13.1. The number of hydrogen-bond donors (Lipinski definition) is 1. The van der Waals surface area contributed by atoms with Crippen molar-refractivity contribution in [2.24, 2.45) is 0 Å². The fourth-order valence-corrected chi connectivity index (χ4v) is 1.36. The summed E-state index contributed by atoms with van der Waals surface area (Å²) in [6.07, 6.45) is 0. The number of anilines is 1. The maximum atomic E-state index is 12.9. The summed E-state index contributed by atoms with van der Waals surface area (Å²) in [6, 6.07) is 6.24. The third kappa shape index (κ3) is 2.85. The second-order valence-corrected chi connectivity index (χ2v) is 3.46. The molecule has 92 valence electrons. The van der Waals surface area contributed by atoms with Crippen molar-refractivity contribution >= 4 is 11.6 Å². The van der Waals surface area contributed by atoms with Crippen molar-refractivity contribution in [3.8, 4) is 0 Å². The molecule has 0 aliphatic heterocycles. The predicted octanol–water partition coefficient (Wildman–Crippen LogP) is 2.75. The second kappa shape index (κ2) is 4.87. The highest BCUT2D eigenvalue weighted by atomic mass is 19.1. The second-order valence-electron chi connectivity index (χ2n) is 3.46. The number of benzene rings is 1. The SMILES string of the molecule is O=C(Nc1cc(F)cc(F)c1)c1cccc(F)n1. The lowest BCUT2D eigenvalue weighted by Gasteiger charge is -2.05. The lowest BCUT2D eigenvalue weighted by Crippen LogP contribution is -2.14. The standard InChI is InChI=1S/C12H7F3N2O/c13-7-4-8(14)6-9(5-7)16-12(18)10-2-1-3-11(15)17-10/h1-6H,(H,16,18). The van der Waals surface area contributed by atoms with E-state index in [0.717, 1.165) is 18.2 Å². The topological polar surface area (TPSA) is 42.0 Å². The van der Waals surface area contributed by atoms with Crippen molar-refractivity contribution in [1.29, 1.82) is 0 Å². The maximum Gasteiger partial charge on any atom is 0.274 e.